The van der Waals surface area contributed by atoms with Gasteiger partial charge in [-0.1, -0.05) is 32.0 Å². The molecule has 1 fully saturated rings. The predicted molar refractivity (Wildman–Crippen MR) is 76.4 cm³/mol. The van der Waals surface area contributed by atoms with E-state index in [1.54, 1.807) is 11.3 Å². The Morgan fingerprint density at radius 1 is 1.45 bits per heavy atom. The van der Waals surface area contributed by atoms with Gasteiger partial charge in [-0.3, -0.25) is 4.79 Å². The Balaban J connectivity index is 1.65. The van der Waals surface area contributed by atoms with Crippen LogP contribution in [-0.2, 0) is 4.79 Å². The molecule has 0 spiro atoms. The van der Waals surface area contributed by atoms with Gasteiger partial charge in [0.15, 0.2) is 0 Å². The first-order valence-electron chi connectivity index (χ1n) is 6.62. The second-order valence-corrected chi connectivity index (χ2v) is 7.04. The van der Waals surface area contributed by atoms with Crippen molar-refractivity contribution in [2.75, 3.05) is 13.1 Å². The molecule has 0 atom stereocenters. The second kappa shape index (κ2) is 4.70. The summed E-state index contributed by atoms with van der Waals surface area (Å²) >= 11 is 1.59. The minimum atomic E-state index is -0.331. The summed E-state index contributed by atoms with van der Waals surface area (Å²) in [7, 11) is 0. The molecule has 0 unspecified atom stereocenters. The van der Waals surface area contributed by atoms with Crippen molar-refractivity contribution < 1.29 is 9.32 Å². The predicted octanol–water partition coefficient (Wildman–Crippen LogP) is 2.77. The van der Waals surface area contributed by atoms with Crippen molar-refractivity contribution in [2.45, 2.75) is 26.7 Å². The van der Waals surface area contributed by atoms with Gasteiger partial charge in [-0.05, 0) is 11.4 Å². The molecule has 1 aliphatic heterocycles. The number of hydrogen-bond donors (Lipinski definition) is 0. The molecular formula is C14H17N3O2S. The Kier molecular flexibility index (Phi) is 3.12. The fourth-order valence-electron chi connectivity index (χ4n) is 2.18. The number of rotatable bonds is 2. The summed E-state index contributed by atoms with van der Waals surface area (Å²) in [6, 6.07) is 3.93. The highest BCUT2D eigenvalue weighted by Crippen LogP contribution is 2.31. The molecule has 3 rings (SSSR count). The Morgan fingerprint density at radius 3 is 2.80 bits per heavy atom. The number of likely N-dealkylation sites (tertiary alicyclic amines) is 1. The van der Waals surface area contributed by atoms with E-state index in [9.17, 15) is 4.79 Å². The van der Waals surface area contributed by atoms with Crippen molar-refractivity contribution in [1.82, 2.24) is 15.0 Å². The number of aromatic nitrogens is 2. The third-order valence-corrected chi connectivity index (χ3v) is 4.21. The van der Waals surface area contributed by atoms with Gasteiger partial charge in [-0.25, -0.2) is 0 Å². The number of hydrogen-bond acceptors (Lipinski definition) is 5. The molecule has 0 aliphatic carbocycles. The van der Waals surface area contributed by atoms with E-state index in [4.69, 9.17) is 4.52 Å². The van der Waals surface area contributed by atoms with Gasteiger partial charge in [0.25, 0.3) is 0 Å². The number of carbonyl (C=O) groups is 1. The van der Waals surface area contributed by atoms with Crippen molar-refractivity contribution >= 4 is 17.2 Å². The zero-order valence-corrected chi connectivity index (χ0v) is 12.6. The zero-order valence-electron chi connectivity index (χ0n) is 11.8. The largest absolute Gasteiger partial charge is 0.341 e. The third-order valence-electron chi connectivity index (χ3n) is 3.34. The Morgan fingerprint density at radius 2 is 2.20 bits per heavy atom. The first kappa shape index (κ1) is 13.3. The van der Waals surface area contributed by atoms with Crippen LogP contribution in [0.2, 0.25) is 0 Å². The average Bonchev–Trinajstić information content (AvgIpc) is 2.95. The van der Waals surface area contributed by atoms with Crippen molar-refractivity contribution in [3.8, 4) is 10.7 Å². The first-order chi connectivity index (χ1) is 9.45. The van der Waals surface area contributed by atoms with Crippen LogP contribution in [0.1, 0.15) is 32.6 Å². The summed E-state index contributed by atoms with van der Waals surface area (Å²) < 4.78 is 5.31. The zero-order chi connectivity index (χ0) is 14.3. The highest BCUT2D eigenvalue weighted by Gasteiger charge is 2.39. The number of thiophene rings is 1. The molecule has 1 amide bonds. The molecule has 6 heteroatoms. The van der Waals surface area contributed by atoms with Gasteiger partial charge in [0.2, 0.25) is 17.6 Å². The highest BCUT2D eigenvalue weighted by atomic mass is 32.1. The van der Waals surface area contributed by atoms with E-state index in [-0.39, 0.29) is 17.2 Å². The van der Waals surface area contributed by atoms with Crippen LogP contribution in [-0.4, -0.2) is 34.0 Å². The fraction of sp³-hybridized carbons (Fsp3) is 0.500. The van der Waals surface area contributed by atoms with Crippen molar-refractivity contribution in [1.29, 1.82) is 0 Å². The van der Waals surface area contributed by atoms with Gasteiger partial charge < -0.3 is 9.42 Å². The molecular weight excluding hydrogens is 274 g/mol. The van der Waals surface area contributed by atoms with Crippen molar-refractivity contribution in [3.63, 3.8) is 0 Å². The van der Waals surface area contributed by atoms with Gasteiger partial charge >= 0.3 is 0 Å². The van der Waals surface area contributed by atoms with Crippen LogP contribution in [0.15, 0.2) is 22.0 Å². The standard InChI is InChI=1S/C14H17N3O2S/c1-14(2,3)13(18)17-7-9(8-17)12-15-11(16-19-12)10-5-4-6-20-10/h4-6,9H,7-8H2,1-3H3. The molecule has 2 aromatic heterocycles. The lowest BCUT2D eigenvalue weighted by atomic mass is 9.90. The van der Waals surface area contributed by atoms with Crippen LogP contribution in [0.3, 0.4) is 0 Å². The van der Waals surface area contributed by atoms with E-state index in [0.717, 1.165) is 4.88 Å². The number of amides is 1. The van der Waals surface area contributed by atoms with E-state index in [0.29, 0.717) is 24.8 Å². The van der Waals surface area contributed by atoms with Crippen molar-refractivity contribution in [3.05, 3.63) is 23.4 Å². The van der Waals surface area contributed by atoms with Crippen LogP contribution in [0.25, 0.3) is 10.7 Å². The van der Waals surface area contributed by atoms with E-state index in [1.807, 2.05) is 43.2 Å². The summed E-state index contributed by atoms with van der Waals surface area (Å²) in [5.41, 5.74) is -0.331. The maximum Gasteiger partial charge on any atom is 0.233 e. The maximum absolute atomic E-state index is 12.1. The molecule has 0 radical (unpaired) electrons. The summed E-state index contributed by atoms with van der Waals surface area (Å²) in [5, 5.41) is 5.99. The van der Waals surface area contributed by atoms with E-state index in [2.05, 4.69) is 10.1 Å². The van der Waals surface area contributed by atoms with Crippen LogP contribution in [0.4, 0.5) is 0 Å². The van der Waals surface area contributed by atoms with Gasteiger partial charge in [0.05, 0.1) is 10.8 Å². The molecule has 106 valence electrons. The monoisotopic (exact) mass is 291 g/mol. The van der Waals surface area contributed by atoms with Gasteiger partial charge in [0.1, 0.15) is 0 Å². The van der Waals surface area contributed by atoms with Crippen LogP contribution >= 0.6 is 11.3 Å². The molecule has 0 saturated carbocycles. The average molecular weight is 291 g/mol. The lowest BCUT2D eigenvalue weighted by molar-refractivity contribution is -0.144. The molecule has 0 bridgehead atoms. The van der Waals surface area contributed by atoms with Crippen molar-refractivity contribution in [2.24, 2.45) is 5.41 Å². The van der Waals surface area contributed by atoms with Crippen LogP contribution in [0.5, 0.6) is 0 Å². The number of nitrogens with zero attached hydrogens (tertiary/aromatic N) is 3. The van der Waals surface area contributed by atoms with E-state index < -0.39 is 0 Å². The molecule has 2 aromatic rings. The summed E-state index contributed by atoms with van der Waals surface area (Å²) in [5.74, 6) is 1.61. The van der Waals surface area contributed by atoms with E-state index in [1.165, 1.54) is 0 Å². The molecule has 5 nitrogen and oxygen atoms in total. The van der Waals surface area contributed by atoms with Gasteiger partial charge in [-0.2, -0.15) is 4.98 Å². The third kappa shape index (κ3) is 2.35. The summed E-state index contributed by atoms with van der Waals surface area (Å²) in [4.78, 5) is 19.4. The van der Waals surface area contributed by atoms with Crippen LogP contribution in [0, 0.1) is 5.41 Å². The lowest BCUT2D eigenvalue weighted by Crippen LogP contribution is -2.52. The Hall–Kier alpha value is -1.69. The summed E-state index contributed by atoms with van der Waals surface area (Å²) in [6.45, 7) is 7.14. The quantitative estimate of drug-likeness (QED) is 0.853. The molecule has 0 aromatic carbocycles. The minimum absolute atomic E-state index is 0.169. The van der Waals surface area contributed by atoms with E-state index >= 15 is 0 Å². The molecule has 3 heterocycles. The van der Waals surface area contributed by atoms with Gasteiger partial charge in [-0.15, -0.1) is 11.3 Å². The fourth-order valence-corrected chi connectivity index (χ4v) is 2.83. The molecule has 1 saturated heterocycles. The topological polar surface area (TPSA) is 59.2 Å². The molecule has 20 heavy (non-hydrogen) atoms. The number of carbonyl (C=O) groups excluding carboxylic acids is 1. The second-order valence-electron chi connectivity index (χ2n) is 6.09. The first-order valence-corrected chi connectivity index (χ1v) is 7.50. The van der Waals surface area contributed by atoms with Gasteiger partial charge in [0, 0.05) is 18.5 Å². The Bertz CT molecular complexity index is 607. The maximum atomic E-state index is 12.1. The molecule has 1 aliphatic rings. The highest BCUT2D eigenvalue weighted by molar-refractivity contribution is 7.13. The molecule has 0 N–H and O–H groups in total. The summed E-state index contributed by atoms with van der Waals surface area (Å²) in [6.07, 6.45) is 0. The normalized spacial score (nSPS) is 16.2. The SMILES string of the molecule is CC(C)(C)C(=O)N1CC(c2nc(-c3cccs3)no2)C1. The Labute approximate surface area is 121 Å². The smallest absolute Gasteiger partial charge is 0.233 e. The lowest BCUT2D eigenvalue weighted by Gasteiger charge is -2.40. The van der Waals surface area contributed by atoms with Crippen LogP contribution < -0.4 is 0 Å². The minimum Gasteiger partial charge on any atom is -0.341 e.